The Bertz CT molecular complexity index is 262. The molecule has 4 heteroatoms. The summed E-state index contributed by atoms with van der Waals surface area (Å²) in [5, 5.41) is 8.98. The second-order valence-corrected chi connectivity index (χ2v) is 1.88. The predicted octanol–water partition coefficient (Wildman–Crippen LogP) is 0.489. The van der Waals surface area contributed by atoms with E-state index in [-0.39, 0.29) is 28.4 Å². The van der Waals surface area contributed by atoms with Crippen molar-refractivity contribution in [3.63, 3.8) is 0 Å². The van der Waals surface area contributed by atoms with Crippen LogP contribution in [-0.2, 0) is 17.1 Å². The predicted molar refractivity (Wildman–Crippen MR) is 36.6 cm³/mol. The molecule has 0 unspecified atom stereocenters. The van der Waals surface area contributed by atoms with E-state index >= 15 is 0 Å². The zero-order valence-corrected chi connectivity index (χ0v) is 6.49. The molecule has 0 aromatic heterocycles. The van der Waals surface area contributed by atoms with Crippen LogP contribution in [0.5, 0.6) is 5.75 Å². The molecule has 0 saturated carbocycles. The van der Waals surface area contributed by atoms with Crippen LogP contribution in [0.15, 0.2) is 24.3 Å². The largest absolute Gasteiger partial charge is 0.507 e. The smallest absolute Gasteiger partial charge is 0.252 e. The Labute approximate surface area is 74.7 Å². The number of hydrogen-bond donors (Lipinski definition) is 2. The molecule has 3 N–H and O–H groups in total. The van der Waals surface area contributed by atoms with E-state index in [1.807, 2.05) is 0 Å². The van der Waals surface area contributed by atoms with Crippen LogP contribution in [0.3, 0.4) is 0 Å². The molecule has 1 aromatic carbocycles. The maximum absolute atomic E-state index is 10.5. The maximum Gasteiger partial charge on any atom is 0.252 e. The molecule has 1 aromatic rings. The summed E-state index contributed by atoms with van der Waals surface area (Å²) < 4.78 is 0. The average molecular weight is 201 g/mol. The molecule has 3 nitrogen and oxygen atoms in total. The van der Waals surface area contributed by atoms with Crippen LogP contribution < -0.4 is 5.73 Å². The third kappa shape index (κ3) is 2.26. The van der Waals surface area contributed by atoms with Crippen molar-refractivity contribution in [2.75, 3.05) is 0 Å². The van der Waals surface area contributed by atoms with Crippen LogP contribution in [0.4, 0.5) is 0 Å². The number of carbonyl (C=O) groups excluding carboxylic acids is 1. The van der Waals surface area contributed by atoms with Gasteiger partial charge in [-0.15, -0.1) is 0 Å². The number of benzene rings is 1. The third-order valence-electron chi connectivity index (χ3n) is 1.17. The third-order valence-corrected chi connectivity index (χ3v) is 1.17. The van der Waals surface area contributed by atoms with Gasteiger partial charge in [0.25, 0.3) is 5.91 Å². The van der Waals surface area contributed by atoms with E-state index in [0.29, 0.717) is 0 Å². The summed E-state index contributed by atoms with van der Waals surface area (Å²) in [6.45, 7) is 0. The quantitative estimate of drug-likeness (QED) is 0.649. The van der Waals surface area contributed by atoms with Crippen molar-refractivity contribution in [3.8, 4) is 5.75 Å². The normalized spacial score (nSPS) is 8.36. The molecule has 11 heavy (non-hydrogen) atoms. The summed E-state index contributed by atoms with van der Waals surface area (Å²) in [5.41, 5.74) is 5.07. The SMILES string of the molecule is NC(=O)c1ccccc1O.[Cu]. The fourth-order valence-corrected chi connectivity index (χ4v) is 0.682. The second-order valence-electron chi connectivity index (χ2n) is 1.88. The molecule has 0 spiro atoms. The zero-order chi connectivity index (χ0) is 7.56. The van der Waals surface area contributed by atoms with Crippen molar-refractivity contribution in [3.05, 3.63) is 29.8 Å². The van der Waals surface area contributed by atoms with Crippen LogP contribution in [0.1, 0.15) is 10.4 Å². The topological polar surface area (TPSA) is 63.3 Å². The fraction of sp³-hybridized carbons (Fsp3) is 0. The number of hydrogen-bond acceptors (Lipinski definition) is 2. The van der Waals surface area contributed by atoms with Crippen LogP contribution in [0.2, 0.25) is 0 Å². The minimum atomic E-state index is -0.613. The second kappa shape index (κ2) is 4.01. The Kier molecular flexibility index (Phi) is 3.65. The molecule has 63 valence electrons. The van der Waals surface area contributed by atoms with E-state index in [1.165, 1.54) is 12.1 Å². The summed E-state index contributed by atoms with van der Waals surface area (Å²) in [6, 6.07) is 6.15. The molecular formula is C7H7CuNO2. The molecule has 0 aliphatic rings. The van der Waals surface area contributed by atoms with E-state index in [2.05, 4.69) is 0 Å². The number of primary amides is 1. The van der Waals surface area contributed by atoms with Gasteiger partial charge in [-0.1, -0.05) is 12.1 Å². The van der Waals surface area contributed by atoms with Gasteiger partial charge in [-0.2, -0.15) is 0 Å². The Morgan fingerprint density at radius 3 is 2.27 bits per heavy atom. The fourth-order valence-electron chi connectivity index (χ4n) is 0.682. The van der Waals surface area contributed by atoms with Gasteiger partial charge >= 0.3 is 0 Å². The van der Waals surface area contributed by atoms with Gasteiger partial charge in [-0.05, 0) is 12.1 Å². The van der Waals surface area contributed by atoms with E-state index in [4.69, 9.17) is 10.8 Å². The molecule has 0 saturated heterocycles. The van der Waals surface area contributed by atoms with E-state index < -0.39 is 5.91 Å². The Morgan fingerprint density at radius 1 is 1.36 bits per heavy atom. The van der Waals surface area contributed by atoms with E-state index in [1.54, 1.807) is 12.1 Å². The van der Waals surface area contributed by atoms with Gasteiger partial charge < -0.3 is 10.8 Å². The van der Waals surface area contributed by atoms with Crippen molar-refractivity contribution in [2.45, 2.75) is 0 Å². The summed E-state index contributed by atoms with van der Waals surface area (Å²) in [7, 11) is 0. The maximum atomic E-state index is 10.5. The first-order chi connectivity index (χ1) is 4.72. The van der Waals surface area contributed by atoms with Crippen LogP contribution in [-0.4, -0.2) is 11.0 Å². The summed E-state index contributed by atoms with van der Waals surface area (Å²) >= 11 is 0. The van der Waals surface area contributed by atoms with Gasteiger partial charge in [0.05, 0.1) is 5.56 Å². The van der Waals surface area contributed by atoms with Crippen molar-refractivity contribution in [1.29, 1.82) is 0 Å². The van der Waals surface area contributed by atoms with Crippen molar-refractivity contribution in [2.24, 2.45) is 5.73 Å². The molecule has 1 amide bonds. The van der Waals surface area contributed by atoms with E-state index in [9.17, 15) is 4.79 Å². The van der Waals surface area contributed by atoms with Gasteiger partial charge in [-0.25, -0.2) is 0 Å². The number of para-hydroxylation sites is 1. The number of rotatable bonds is 1. The van der Waals surface area contributed by atoms with Crippen LogP contribution in [0.25, 0.3) is 0 Å². The molecular weight excluding hydrogens is 194 g/mol. The zero-order valence-electron chi connectivity index (χ0n) is 5.54. The van der Waals surface area contributed by atoms with Gasteiger partial charge in [0.1, 0.15) is 5.75 Å². The first-order valence-corrected chi connectivity index (χ1v) is 2.79. The monoisotopic (exact) mass is 200 g/mol. The summed E-state index contributed by atoms with van der Waals surface area (Å²) in [5.74, 6) is -0.687. The number of nitrogens with two attached hydrogens (primary N) is 1. The number of carbonyl (C=O) groups is 1. The molecule has 0 bridgehead atoms. The summed E-state index contributed by atoms with van der Waals surface area (Å²) in [4.78, 5) is 10.5. The average Bonchev–Trinajstić information content (AvgIpc) is 1.88. The van der Waals surface area contributed by atoms with Crippen molar-refractivity contribution >= 4 is 5.91 Å². The summed E-state index contributed by atoms with van der Waals surface area (Å²) in [6.07, 6.45) is 0. The molecule has 0 aliphatic carbocycles. The van der Waals surface area contributed by atoms with Crippen molar-refractivity contribution in [1.82, 2.24) is 0 Å². The molecule has 1 rings (SSSR count). The standard InChI is InChI=1S/C7H7NO2.Cu/c8-7(10)5-3-1-2-4-6(5)9;/h1-4,9H,(H2,8,10);. The van der Waals surface area contributed by atoms with Crippen LogP contribution in [0, 0.1) is 0 Å². The molecule has 1 radical (unpaired) electrons. The molecule has 0 heterocycles. The Balaban J connectivity index is 0.000001000. The number of amides is 1. The first-order valence-electron chi connectivity index (χ1n) is 2.79. The number of phenols is 1. The minimum Gasteiger partial charge on any atom is -0.507 e. The van der Waals surface area contributed by atoms with Gasteiger partial charge in [0, 0.05) is 17.1 Å². The van der Waals surface area contributed by atoms with Gasteiger partial charge in [-0.3, -0.25) is 4.79 Å². The molecule has 0 atom stereocenters. The van der Waals surface area contributed by atoms with E-state index in [0.717, 1.165) is 0 Å². The van der Waals surface area contributed by atoms with Gasteiger partial charge in [0.2, 0.25) is 0 Å². The number of aromatic hydroxyl groups is 1. The van der Waals surface area contributed by atoms with Gasteiger partial charge in [0.15, 0.2) is 0 Å². The minimum absolute atomic E-state index is 0. The molecule has 0 aliphatic heterocycles. The Morgan fingerprint density at radius 2 is 1.91 bits per heavy atom. The van der Waals surface area contributed by atoms with Crippen molar-refractivity contribution < 1.29 is 27.0 Å². The Hall–Kier alpha value is -0.991. The van der Waals surface area contributed by atoms with Crippen LogP contribution >= 0.6 is 0 Å². The molecule has 0 fully saturated rings. The first kappa shape index (κ1) is 10.0.